The largest absolute Gasteiger partial charge is 0.351 e. The number of nitrogens with zero attached hydrogens (tertiary/aromatic N) is 1. The molecular weight excluding hydrogens is 300 g/mol. The lowest BCUT2D eigenvalue weighted by Gasteiger charge is -2.21. The summed E-state index contributed by atoms with van der Waals surface area (Å²) in [4.78, 5) is 12.2. The summed E-state index contributed by atoms with van der Waals surface area (Å²) in [6, 6.07) is 0. The van der Waals surface area contributed by atoms with Gasteiger partial charge in [-0.1, -0.05) is 32.1 Å². The van der Waals surface area contributed by atoms with Crippen LogP contribution in [-0.2, 0) is 13.0 Å². The highest BCUT2D eigenvalue weighted by Crippen LogP contribution is 2.27. The Kier molecular flexibility index (Phi) is 6.70. The average Bonchev–Trinajstić information content (AvgIpc) is 2.96. The summed E-state index contributed by atoms with van der Waals surface area (Å²) >= 11 is 0. The third kappa shape index (κ3) is 4.23. The molecule has 2 heterocycles. The van der Waals surface area contributed by atoms with Crippen molar-refractivity contribution in [2.45, 2.75) is 57.9 Å². The molecule has 0 atom stereocenters. The molecule has 1 fully saturated rings. The van der Waals surface area contributed by atoms with Crippen LogP contribution in [0.5, 0.6) is 0 Å². The van der Waals surface area contributed by atoms with Crippen LogP contribution in [-0.4, -0.2) is 29.2 Å². The van der Waals surface area contributed by atoms with Crippen molar-refractivity contribution >= 4 is 18.3 Å². The Morgan fingerprint density at radius 3 is 2.91 bits per heavy atom. The number of fused-ring (bicyclic) bond motifs is 1. The maximum absolute atomic E-state index is 12.2. The maximum atomic E-state index is 12.2. The van der Waals surface area contributed by atoms with Crippen LogP contribution in [0.4, 0.5) is 0 Å². The first-order valence-electron chi connectivity index (χ1n) is 8.39. The monoisotopic (exact) mass is 326 g/mol. The van der Waals surface area contributed by atoms with E-state index in [0.717, 1.165) is 49.7 Å². The third-order valence-corrected chi connectivity index (χ3v) is 4.82. The zero-order valence-corrected chi connectivity index (χ0v) is 13.9. The molecule has 1 saturated carbocycles. The van der Waals surface area contributed by atoms with Crippen molar-refractivity contribution in [2.75, 3.05) is 13.1 Å². The average molecular weight is 327 g/mol. The molecule has 0 unspecified atom stereocenters. The number of aromatic nitrogens is 2. The van der Waals surface area contributed by atoms with Gasteiger partial charge < -0.3 is 10.6 Å². The van der Waals surface area contributed by atoms with E-state index < -0.39 is 0 Å². The van der Waals surface area contributed by atoms with Crippen LogP contribution in [0.15, 0.2) is 0 Å². The molecule has 0 bridgehead atoms. The number of H-pyrrole nitrogens is 1. The Morgan fingerprint density at radius 1 is 1.27 bits per heavy atom. The van der Waals surface area contributed by atoms with Gasteiger partial charge in [-0.25, -0.2) is 0 Å². The molecule has 0 aromatic carbocycles. The van der Waals surface area contributed by atoms with Gasteiger partial charge >= 0.3 is 0 Å². The number of amides is 1. The minimum absolute atomic E-state index is 0. The summed E-state index contributed by atoms with van der Waals surface area (Å²) in [6.07, 6.45) is 10.2. The number of hydrogen-bond donors (Lipinski definition) is 3. The smallest absolute Gasteiger partial charge is 0.272 e. The molecule has 1 amide bonds. The molecule has 0 saturated heterocycles. The first kappa shape index (κ1) is 17.3. The fourth-order valence-electron chi connectivity index (χ4n) is 3.57. The predicted octanol–water partition coefficient (Wildman–Crippen LogP) is 2.57. The van der Waals surface area contributed by atoms with Gasteiger partial charge in [0.2, 0.25) is 0 Å². The fourth-order valence-corrected chi connectivity index (χ4v) is 3.57. The Hall–Kier alpha value is -1.07. The van der Waals surface area contributed by atoms with E-state index in [-0.39, 0.29) is 18.3 Å². The lowest BCUT2D eigenvalue weighted by atomic mass is 9.86. The molecule has 3 N–H and O–H groups in total. The lowest BCUT2D eigenvalue weighted by Crippen LogP contribution is -2.29. The van der Waals surface area contributed by atoms with E-state index in [0.29, 0.717) is 5.69 Å². The molecule has 1 aliphatic heterocycles. The first-order valence-corrected chi connectivity index (χ1v) is 8.39. The molecule has 3 rings (SSSR count). The standard InChI is InChI=1S/C16H26N4O.ClH/c21-16(15-13-11-17-10-8-14(13)19-20-15)18-9-4-7-12-5-2-1-3-6-12;/h12,17H,1-11H2,(H,18,21)(H,19,20);1H. The van der Waals surface area contributed by atoms with Crippen molar-refractivity contribution in [3.63, 3.8) is 0 Å². The van der Waals surface area contributed by atoms with E-state index in [2.05, 4.69) is 20.8 Å². The van der Waals surface area contributed by atoms with Crippen LogP contribution in [0.1, 0.15) is 66.7 Å². The Morgan fingerprint density at radius 2 is 2.09 bits per heavy atom. The second kappa shape index (κ2) is 8.53. The predicted molar refractivity (Wildman–Crippen MR) is 89.4 cm³/mol. The molecule has 124 valence electrons. The topological polar surface area (TPSA) is 69.8 Å². The SMILES string of the molecule is Cl.O=C(NCCCC1CCCCC1)c1n[nH]c2c1CNCC2. The van der Waals surface area contributed by atoms with Crippen molar-refractivity contribution in [1.29, 1.82) is 0 Å². The van der Waals surface area contributed by atoms with Gasteiger partial charge in [-0.05, 0) is 18.8 Å². The van der Waals surface area contributed by atoms with Gasteiger partial charge in [0, 0.05) is 37.3 Å². The number of aromatic amines is 1. The van der Waals surface area contributed by atoms with Gasteiger partial charge in [-0.15, -0.1) is 12.4 Å². The molecule has 0 radical (unpaired) electrons. The maximum Gasteiger partial charge on any atom is 0.272 e. The molecule has 1 aliphatic carbocycles. The van der Waals surface area contributed by atoms with Crippen molar-refractivity contribution in [3.05, 3.63) is 17.0 Å². The van der Waals surface area contributed by atoms with Gasteiger partial charge in [-0.2, -0.15) is 5.10 Å². The number of hydrogen-bond acceptors (Lipinski definition) is 3. The number of rotatable bonds is 5. The summed E-state index contributed by atoms with van der Waals surface area (Å²) in [5, 5.41) is 13.5. The summed E-state index contributed by atoms with van der Waals surface area (Å²) in [7, 11) is 0. The second-order valence-electron chi connectivity index (χ2n) is 6.36. The molecule has 0 spiro atoms. The van der Waals surface area contributed by atoms with Crippen LogP contribution in [0.3, 0.4) is 0 Å². The number of carbonyl (C=O) groups is 1. The van der Waals surface area contributed by atoms with Gasteiger partial charge in [0.05, 0.1) is 0 Å². The molecule has 1 aromatic heterocycles. The molecule has 5 nitrogen and oxygen atoms in total. The molecule has 1 aromatic rings. The van der Waals surface area contributed by atoms with Crippen LogP contribution < -0.4 is 10.6 Å². The zero-order chi connectivity index (χ0) is 14.5. The van der Waals surface area contributed by atoms with Crippen molar-refractivity contribution in [2.24, 2.45) is 5.92 Å². The summed E-state index contributed by atoms with van der Waals surface area (Å²) in [6.45, 7) is 2.47. The minimum Gasteiger partial charge on any atom is -0.351 e. The van der Waals surface area contributed by atoms with E-state index in [1.54, 1.807) is 0 Å². The molecule has 2 aliphatic rings. The third-order valence-electron chi connectivity index (χ3n) is 4.82. The highest BCUT2D eigenvalue weighted by atomic mass is 35.5. The van der Waals surface area contributed by atoms with Gasteiger partial charge in [-0.3, -0.25) is 9.89 Å². The molecule has 22 heavy (non-hydrogen) atoms. The summed E-state index contributed by atoms with van der Waals surface area (Å²) in [5.41, 5.74) is 2.74. The zero-order valence-electron chi connectivity index (χ0n) is 13.1. The van der Waals surface area contributed by atoms with E-state index >= 15 is 0 Å². The summed E-state index contributed by atoms with van der Waals surface area (Å²) in [5.74, 6) is 0.859. The second-order valence-corrected chi connectivity index (χ2v) is 6.36. The quantitative estimate of drug-likeness (QED) is 0.728. The van der Waals surface area contributed by atoms with Crippen molar-refractivity contribution in [3.8, 4) is 0 Å². The highest BCUT2D eigenvalue weighted by molar-refractivity contribution is 5.94. The van der Waals surface area contributed by atoms with Gasteiger partial charge in [0.1, 0.15) is 0 Å². The van der Waals surface area contributed by atoms with Crippen molar-refractivity contribution in [1.82, 2.24) is 20.8 Å². The number of carbonyl (C=O) groups excluding carboxylic acids is 1. The summed E-state index contributed by atoms with van der Waals surface area (Å²) < 4.78 is 0. The van der Waals surface area contributed by atoms with Crippen LogP contribution in [0.2, 0.25) is 0 Å². The number of halogens is 1. The van der Waals surface area contributed by atoms with Crippen molar-refractivity contribution < 1.29 is 4.79 Å². The molecule has 6 heteroatoms. The highest BCUT2D eigenvalue weighted by Gasteiger charge is 2.21. The Balaban J connectivity index is 0.00000176. The lowest BCUT2D eigenvalue weighted by molar-refractivity contribution is 0.0946. The molecular formula is C16H27ClN4O. The van der Waals surface area contributed by atoms with Gasteiger partial charge in [0.25, 0.3) is 5.91 Å². The van der Waals surface area contributed by atoms with Gasteiger partial charge in [0.15, 0.2) is 5.69 Å². The first-order chi connectivity index (χ1) is 10.3. The Labute approximate surface area is 138 Å². The normalized spacial score (nSPS) is 18.4. The van der Waals surface area contributed by atoms with Crippen LogP contribution in [0, 0.1) is 5.92 Å². The van der Waals surface area contributed by atoms with Crippen LogP contribution >= 0.6 is 12.4 Å². The van der Waals surface area contributed by atoms with Crippen LogP contribution in [0.25, 0.3) is 0 Å². The van der Waals surface area contributed by atoms with E-state index in [4.69, 9.17) is 0 Å². The number of nitrogens with one attached hydrogen (secondary N) is 3. The van der Waals surface area contributed by atoms with E-state index in [1.165, 1.54) is 38.5 Å². The Bertz CT molecular complexity index is 482. The van der Waals surface area contributed by atoms with E-state index in [9.17, 15) is 4.79 Å². The minimum atomic E-state index is -0.0279. The van der Waals surface area contributed by atoms with E-state index in [1.807, 2.05) is 0 Å². The fraction of sp³-hybridized carbons (Fsp3) is 0.750.